The molecule has 11 heavy (non-hydrogen) atoms. The van der Waals surface area contributed by atoms with Gasteiger partial charge in [0, 0.05) is 5.03 Å². The monoisotopic (exact) mass is 170 g/mol. The molecule has 0 aromatic heterocycles. The van der Waals surface area contributed by atoms with E-state index in [-0.39, 0.29) is 0 Å². The summed E-state index contributed by atoms with van der Waals surface area (Å²) in [6, 6.07) is 0. The number of carbonyl (C=O) groups is 2. The van der Waals surface area contributed by atoms with Crippen LogP contribution >= 0.6 is 11.6 Å². The van der Waals surface area contributed by atoms with Gasteiger partial charge in [-0.05, 0) is 18.6 Å². The Bertz CT molecular complexity index is 232. The molecule has 0 heterocycles. The summed E-state index contributed by atoms with van der Waals surface area (Å²) in [5.41, 5.74) is -1.01. The molecule has 0 atom stereocenters. The molecule has 0 bridgehead atoms. The number of hydrogen-bond donors (Lipinski definition) is 0. The van der Waals surface area contributed by atoms with Gasteiger partial charge in [0.15, 0.2) is 0 Å². The van der Waals surface area contributed by atoms with Gasteiger partial charge in [0.2, 0.25) is 0 Å². The van der Waals surface area contributed by atoms with Gasteiger partial charge in [-0.25, -0.2) is 0 Å². The van der Waals surface area contributed by atoms with E-state index < -0.39 is 5.41 Å². The summed E-state index contributed by atoms with van der Waals surface area (Å²) in [6.07, 6.45) is 6.50. The third kappa shape index (κ3) is 1.57. The lowest BCUT2D eigenvalue weighted by molar-refractivity contribution is -0.123. The van der Waals surface area contributed by atoms with E-state index in [1.54, 1.807) is 12.2 Å². The summed E-state index contributed by atoms with van der Waals surface area (Å²) in [4.78, 5) is 21.0. The number of carbonyl (C=O) groups excluding carboxylic acids is 2. The second kappa shape index (κ2) is 3.01. The summed E-state index contributed by atoms with van der Waals surface area (Å²) in [7, 11) is 0. The molecule has 0 saturated heterocycles. The smallest absolute Gasteiger partial charge is 0.137 e. The van der Waals surface area contributed by atoms with Crippen molar-refractivity contribution < 1.29 is 9.59 Å². The minimum atomic E-state index is -1.01. The lowest BCUT2D eigenvalue weighted by atomic mass is 9.85. The van der Waals surface area contributed by atoms with Crippen LogP contribution in [0.2, 0.25) is 0 Å². The molecule has 0 spiro atoms. The maximum absolute atomic E-state index is 10.5. The van der Waals surface area contributed by atoms with Crippen molar-refractivity contribution in [2.24, 2.45) is 5.41 Å². The van der Waals surface area contributed by atoms with Crippen LogP contribution in [0.5, 0.6) is 0 Å². The molecule has 58 valence electrons. The van der Waals surface area contributed by atoms with E-state index in [2.05, 4.69) is 0 Å². The Morgan fingerprint density at radius 2 is 2.09 bits per heavy atom. The fourth-order valence-electron chi connectivity index (χ4n) is 0.931. The van der Waals surface area contributed by atoms with E-state index in [0.29, 0.717) is 24.0 Å². The van der Waals surface area contributed by atoms with Gasteiger partial charge in [0.05, 0.1) is 0 Å². The molecule has 0 radical (unpaired) electrons. The molecule has 0 aromatic rings. The van der Waals surface area contributed by atoms with Crippen LogP contribution < -0.4 is 0 Å². The first kappa shape index (κ1) is 8.21. The molecule has 1 aliphatic rings. The van der Waals surface area contributed by atoms with Crippen LogP contribution in [0.25, 0.3) is 0 Å². The van der Waals surface area contributed by atoms with E-state index in [1.807, 2.05) is 0 Å². The van der Waals surface area contributed by atoms with Crippen LogP contribution in [0.4, 0.5) is 0 Å². The first-order chi connectivity index (χ1) is 5.22. The van der Waals surface area contributed by atoms with E-state index in [1.165, 1.54) is 6.08 Å². The minimum Gasteiger partial charge on any atom is -0.302 e. The Morgan fingerprint density at radius 1 is 1.45 bits per heavy atom. The van der Waals surface area contributed by atoms with Crippen LogP contribution in [0.3, 0.4) is 0 Å². The van der Waals surface area contributed by atoms with Crippen molar-refractivity contribution in [1.29, 1.82) is 0 Å². The fourth-order valence-corrected chi connectivity index (χ4v) is 1.22. The van der Waals surface area contributed by atoms with E-state index >= 15 is 0 Å². The second-order valence-electron chi connectivity index (χ2n) is 2.48. The zero-order valence-electron chi connectivity index (χ0n) is 5.79. The maximum Gasteiger partial charge on any atom is 0.137 e. The highest BCUT2D eigenvalue weighted by atomic mass is 35.5. The van der Waals surface area contributed by atoms with Gasteiger partial charge in [0.1, 0.15) is 18.0 Å². The number of halogens is 1. The number of hydrogen-bond acceptors (Lipinski definition) is 2. The zero-order valence-corrected chi connectivity index (χ0v) is 6.54. The van der Waals surface area contributed by atoms with Crippen molar-refractivity contribution in [1.82, 2.24) is 0 Å². The summed E-state index contributed by atoms with van der Waals surface area (Å²) < 4.78 is 0. The number of allylic oxidation sites excluding steroid dienone is 4. The predicted molar refractivity (Wildman–Crippen MR) is 42.3 cm³/mol. The Hall–Kier alpha value is -0.890. The van der Waals surface area contributed by atoms with Crippen LogP contribution in [-0.2, 0) is 9.59 Å². The number of aldehydes is 2. The first-order valence-corrected chi connectivity index (χ1v) is 3.58. The lowest BCUT2D eigenvalue weighted by Crippen LogP contribution is -2.22. The minimum absolute atomic E-state index is 0.413. The molecule has 0 unspecified atom stereocenters. The molecule has 1 aliphatic carbocycles. The Morgan fingerprint density at radius 3 is 2.45 bits per heavy atom. The maximum atomic E-state index is 10.5. The van der Waals surface area contributed by atoms with E-state index in [9.17, 15) is 9.59 Å². The lowest BCUT2D eigenvalue weighted by Gasteiger charge is -2.17. The van der Waals surface area contributed by atoms with Crippen LogP contribution in [0, 0.1) is 5.41 Å². The van der Waals surface area contributed by atoms with Crippen molar-refractivity contribution in [3.63, 3.8) is 0 Å². The quantitative estimate of drug-likeness (QED) is 0.465. The zero-order chi connectivity index (χ0) is 8.32. The van der Waals surface area contributed by atoms with Crippen molar-refractivity contribution in [2.75, 3.05) is 0 Å². The second-order valence-corrected chi connectivity index (χ2v) is 2.92. The molecule has 0 fully saturated rings. The Balaban J connectivity index is 2.97. The Labute approximate surface area is 69.5 Å². The average molecular weight is 171 g/mol. The molecule has 3 heteroatoms. The third-order valence-electron chi connectivity index (χ3n) is 1.59. The molecule has 1 rings (SSSR count). The van der Waals surface area contributed by atoms with Gasteiger partial charge in [0.25, 0.3) is 0 Å². The normalized spacial score (nSPS) is 20.6. The predicted octanol–water partition coefficient (Wildman–Crippen LogP) is 1.45. The third-order valence-corrected chi connectivity index (χ3v) is 1.83. The Kier molecular flexibility index (Phi) is 2.25. The van der Waals surface area contributed by atoms with Gasteiger partial charge in [-0.3, -0.25) is 0 Å². The largest absolute Gasteiger partial charge is 0.302 e. The van der Waals surface area contributed by atoms with Crippen molar-refractivity contribution in [2.45, 2.75) is 6.42 Å². The fraction of sp³-hybridized carbons (Fsp3) is 0.250. The average Bonchev–Trinajstić information content (AvgIpc) is 2.04. The highest BCUT2D eigenvalue weighted by molar-refractivity contribution is 6.31. The molecule has 0 amide bonds. The van der Waals surface area contributed by atoms with Crippen LogP contribution in [0.1, 0.15) is 6.42 Å². The summed E-state index contributed by atoms with van der Waals surface area (Å²) in [5, 5.41) is 0.440. The SMILES string of the molecule is O=CC1(C=O)C=C(Cl)C=CC1. The topological polar surface area (TPSA) is 34.1 Å². The van der Waals surface area contributed by atoms with Crippen molar-refractivity contribution in [3.05, 3.63) is 23.3 Å². The van der Waals surface area contributed by atoms with Gasteiger partial charge in [-0.15, -0.1) is 0 Å². The van der Waals surface area contributed by atoms with Crippen molar-refractivity contribution >= 4 is 24.2 Å². The molecular weight excluding hydrogens is 164 g/mol. The molecule has 0 aliphatic heterocycles. The van der Waals surface area contributed by atoms with E-state index in [4.69, 9.17) is 11.6 Å². The van der Waals surface area contributed by atoms with Crippen molar-refractivity contribution in [3.8, 4) is 0 Å². The van der Waals surface area contributed by atoms with Gasteiger partial charge in [-0.1, -0.05) is 17.7 Å². The van der Waals surface area contributed by atoms with Crippen LogP contribution in [-0.4, -0.2) is 12.6 Å². The highest BCUT2D eigenvalue weighted by Crippen LogP contribution is 2.27. The molecule has 0 saturated carbocycles. The summed E-state index contributed by atoms with van der Waals surface area (Å²) >= 11 is 5.61. The highest BCUT2D eigenvalue weighted by Gasteiger charge is 2.27. The molecule has 0 aromatic carbocycles. The molecule has 0 N–H and O–H groups in total. The molecular formula is C8H7ClO2. The van der Waals surface area contributed by atoms with Crippen LogP contribution in [0.15, 0.2) is 23.3 Å². The van der Waals surface area contributed by atoms with E-state index in [0.717, 1.165) is 0 Å². The number of rotatable bonds is 2. The summed E-state index contributed by atoms with van der Waals surface area (Å²) in [5.74, 6) is 0. The van der Waals surface area contributed by atoms with Gasteiger partial charge in [-0.2, -0.15) is 0 Å². The first-order valence-electron chi connectivity index (χ1n) is 3.20. The summed E-state index contributed by atoms with van der Waals surface area (Å²) in [6.45, 7) is 0. The standard InChI is InChI=1S/C8H7ClO2/c9-7-2-1-3-8(4-7,5-10)6-11/h1-2,4-6H,3H2. The van der Waals surface area contributed by atoms with Gasteiger partial charge < -0.3 is 9.59 Å². The van der Waals surface area contributed by atoms with Gasteiger partial charge >= 0.3 is 0 Å². The molecule has 2 nitrogen and oxygen atoms in total.